The third-order valence-electron chi connectivity index (χ3n) is 2.97. The topological polar surface area (TPSA) is 52.1 Å². The van der Waals surface area contributed by atoms with Crippen LogP contribution in [0.2, 0.25) is 0 Å². The molecule has 0 atom stereocenters. The first-order chi connectivity index (χ1) is 10.7. The van der Waals surface area contributed by atoms with Crippen LogP contribution in [0.25, 0.3) is 0 Å². The molecule has 0 fully saturated rings. The van der Waals surface area contributed by atoms with Crippen LogP contribution in [-0.2, 0) is 0 Å². The Morgan fingerprint density at radius 2 is 1.41 bits per heavy atom. The van der Waals surface area contributed by atoms with Crippen LogP contribution < -0.4 is 4.74 Å². The summed E-state index contributed by atoms with van der Waals surface area (Å²) in [5, 5.41) is 0. The molecule has 0 amide bonds. The normalized spacial score (nSPS) is 10.2. The number of hydrogen-bond donors (Lipinski definition) is 0. The minimum atomic E-state index is -0.372. The second kappa shape index (κ2) is 6.13. The summed E-state index contributed by atoms with van der Waals surface area (Å²) in [5.74, 6) is -0.0208. The third-order valence-corrected chi connectivity index (χ3v) is 2.97. The van der Waals surface area contributed by atoms with E-state index < -0.39 is 0 Å². The minimum Gasteiger partial charge on any atom is -0.424 e. The second-order valence-electron chi connectivity index (χ2n) is 4.49. The van der Waals surface area contributed by atoms with Gasteiger partial charge in [0.2, 0.25) is 0 Å². The Labute approximate surface area is 126 Å². The Hall–Kier alpha value is -3.08. The van der Waals surface area contributed by atoms with Crippen LogP contribution >= 0.6 is 0 Å². The van der Waals surface area contributed by atoms with E-state index in [-0.39, 0.29) is 17.6 Å². The highest BCUT2D eigenvalue weighted by atomic mass is 19.1. The van der Waals surface area contributed by atoms with Crippen molar-refractivity contribution >= 4 is 5.78 Å². The lowest BCUT2D eigenvalue weighted by Crippen LogP contribution is -2.01. The highest BCUT2D eigenvalue weighted by Gasteiger charge is 2.09. The summed E-state index contributed by atoms with van der Waals surface area (Å²) in [6.45, 7) is 0. The molecule has 1 heterocycles. The van der Waals surface area contributed by atoms with E-state index in [0.29, 0.717) is 16.9 Å². The fraction of sp³-hybridized carbons (Fsp3) is 0. The van der Waals surface area contributed by atoms with Gasteiger partial charge < -0.3 is 4.74 Å². The zero-order valence-corrected chi connectivity index (χ0v) is 11.4. The number of ketones is 1. The van der Waals surface area contributed by atoms with Gasteiger partial charge in [-0.05, 0) is 54.6 Å². The Morgan fingerprint density at radius 3 is 2.00 bits per heavy atom. The van der Waals surface area contributed by atoms with Gasteiger partial charge in [0, 0.05) is 23.5 Å². The number of carbonyl (C=O) groups excluding carboxylic acids is 1. The van der Waals surface area contributed by atoms with Crippen LogP contribution in [0, 0.1) is 5.82 Å². The lowest BCUT2D eigenvalue weighted by molar-refractivity contribution is 0.103. The summed E-state index contributed by atoms with van der Waals surface area (Å²) in [6.07, 6.45) is 3.16. The smallest absolute Gasteiger partial charge is 0.321 e. The van der Waals surface area contributed by atoms with Crippen LogP contribution in [-0.4, -0.2) is 15.8 Å². The highest BCUT2D eigenvalue weighted by Crippen LogP contribution is 2.19. The molecule has 0 aliphatic heterocycles. The summed E-state index contributed by atoms with van der Waals surface area (Å²) in [5.41, 5.74) is 0.925. The zero-order valence-electron chi connectivity index (χ0n) is 11.4. The zero-order chi connectivity index (χ0) is 15.4. The number of rotatable bonds is 4. The van der Waals surface area contributed by atoms with Gasteiger partial charge in [0.1, 0.15) is 11.6 Å². The van der Waals surface area contributed by atoms with E-state index in [1.807, 2.05) is 0 Å². The van der Waals surface area contributed by atoms with E-state index in [1.165, 1.54) is 24.3 Å². The predicted molar refractivity (Wildman–Crippen MR) is 78.4 cm³/mol. The van der Waals surface area contributed by atoms with Gasteiger partial charge in [-0.15, -0.1) is 0 Å². The maximum atomic E-state index is 12.9. The number of nitrogens with zero attached hydrogens (tertiary/aromatic N) is 2. The molecule has 5 heteroatoms. The Balaban J connectivity index is 1.76. The van der Waals surface area contributed by atoms with Crippen molar-refractivity contribution in [3.05, 3.63) is 83.9 Å². The summed E-state index contributed by atoms with van der Waals surface area (Å²) < 4.78 is 18.3. The SMILES string of the molecule is O=C(c1ccc(F)cc1)c1ccc(Oc2ncccn2)cc1. The fourth-order valence-electron chi connectivity index (χ4n) is 1.89. The Morgan fingerprint density at radius 1 is 0.864 bits per heavy atom. The molecule has 0 saturated heterocycles. The molecule has 3 rings (SSSR count). The molecule has 0 aliphatic rings. The van der Waals surface area contributed by atoms with E-state index >= 15 is 0 Å². The van der Waals surface area contributed by atoms with Crippen molar-refractivity contribution < 1.29 is 13.9 Å². The first-order valence-electron chi connectivity index (χ1n) is 6.57. The van der Waals surface area contributed by atoms with Crippen LogP contribution in [0.15, 0.2) is 67.0 Å². The van der Waals surface area contributed by atoms with Gasteiger partial charge in [-0.2, -0.15) is 0 Å². The number of benzene rings is 2. The fourth-order valence-corrected chi connectivity index (χ4v) is 1.89. The summed E-state index contributed by atoms with van der Waals surface area (Å²) >= 11 is 0. The highest BCUT2D eigenvalue weighted by molar-refractivity contribution is 6.08. The average molecular weight is 294 g/mol. The van der Waals surface area contributed by atoms with E-state index in [2.05, 4.69) is 9.97 Å². The molecular weight excluding hydrogens is 283 g/mol. The van der Waals surface area contributed by atoms with Crippen LogP contribution in [0.5, 0.6) is 11.8 Å². The van der Waals surface area contributed by atoms with Crippen molar-refractivity contribution in [2.24, 2.45) is 0 Å². The molecule has 2 aromatic carbocycles. The van der Waals surface area contributed by atoms with Gasteiger partial charge in [-0.3, -0.25) is 4.79 Å². The van der Waals surface area contributed by atoms with Crippen LogP contribution in [0.3, 0.4) is 0 Å². The van der Waals surface area contributed by atoms with E-state index in [9.17, 15) is 9.18 Å². The van der Waals surface area contributed by atoms with Crippen molar-refractivity contribution in [2.45, 2.75) is 0 Å². The minimum absolute atomic E-state index is 0.178. The molecule has 22 heavy (non-hydrogen) atoms. The quantitative estimate of drug-likeness (QED) is 0.689. The molecular formula is C17H11FN2O2. The van der Waals surface area contributed by atoms with Gasteiger partial charge in [-0.25, -0.2) is 14.4 Å². The maximum absolute atomic E-state index is 12.9. The largest absolute Gasteiger partial charge is 0.424 e. The third kappa shape index (κ3) is 3.15. The maximum Gasteiger partial charge on any atom is 0.321 e. The van der Waals surface area contributed by atoms with E-state index in [1.54, 1.807) is 42.7 Å². The molecule has 0 radical (unpaired) electrons. The predicted octanol–water partition coefficient (Wildman–Crippen LogP) is 3.64. The van der Waals surface area contributed by atoms with Gasteiger partial charge in [0.05, 0.1) is 0 Å². The van der Waals surface area contributed by atoms with Gasteiger partial charge >= 0.3 is 6.01 Å². The molecule has 0 spiro atoms. The van der Waals surface area contributed by atoms with Crippen LogP contribution in [0.1, 0.15) is 15.9 Å². The van der Waals surface area contributed by atoms with Crippen molar-refractivity contribution in [1.29, 1.82) is 0 Å². The van der Waals surface area contributed by atoms with Crippen molar-refractivity contribution in [1.82, 2.24) is 9.97 Å². The van der Waals surface area contributed by atoms with Crippen molar-refractivity contribution in [3.8, 4) is 11.8 Å². The number of ether oxygens (including phenoxy) is 1. The molecule has 3 aromatic rings. The molecule has 0 aliphatic carbocycles. The van der Waals surface area contributed by atoms with Gasteiger partial charge in [-0.1, -0.05) is 0 Å². The van der Waals surface area contributed by atoms with E-state index in [4.69, 9.17) is 4.74 Å². The standard InChI is InChI=1S/C17H11FN2O2/c18-14-6-2-12(3-7-14)16(21)13-4-8-15(9-5-13)22-17-19-10-1-11-20-17/h1-11H. The molecule has 0 unspecified atom stereocenters. The lowest BCUT2D eigenvalue weighted by Gasteiger charge is -2.05. The van der Waals surface area contributed by atoms with Gasteiger partial charge in [0.15, 0.2) is 5.78 Å². The molecule has 4 nitrogen and oxygen atoms in total. The first-order valence-corrected chi connectivity index (χ1v) is 6.57. The Bertz CT molecular complexity index is 772. The first kappa shape index (κ1) is 13.9. The number of hydrogen-bond acceptors (Lipinski definition) is 4. The van der Waals surface area contributed by atoms with Gasteiger partial charge in [0.25, 0.3) is 0 Å². The summed E-state index contributed by atoms with van der Waals surface area (Å²) in [4.78, 5) is 20.1. The number of halogens is 1. The number of aromatic nitrogens is 2. The summed E-state index contributed by atoms with van der Waals surface area (Å²) in [6, 6.07) is 14.0. The molecule has 1 aromatic heterocycles. The summed E-state index contributed by atoms with van der Waals surface area (Å²) in [7, 11) is 0. The number of carbonyl (C=O) groups is 1. The van der Waals surface area contributed by atoms with Crippen molar-refractivity contribution in [2.75, 3.05) is 0 Å². The van der Waals surface area contributed by atoms with Crippen LogP contribution in [0.4, 0.5) is 4.39 Å². The van der Waals surface area contributed by atoms with Crippen molar-refractivity contribution in [3.63, 3.8) is 0 Å². The van der Waals surface area contributed by atoms with E-state index in [0.717, 1.165) is 0 Å². The molecule has 0 saturated carbocycles. The monoisotopic (exact) mass is 294 g/mol. The molecule has 0 bridgehead atoms. The molecule has 108 valence electrons. The average Bonchev–Trinajstić information content (AvgIpc) is 2.57. The molecule has 0 N–H and O–H groups in total. The second-order valence-corrected chi connectivity index (χ2v) is 4.49. The lowest BCUT2D eigenvalue weighted by atomic mass is 10.0. The Kier molecular flexibility index (Phi) is 3.87.